The van der Waals surface area contributed by atoms with E-state index in [0.717, 1.165) is 18.7 Å². The van der Waals surface area contributed by atoms with Gasteiger partial charge in [0.15, 0.2) is 0 Å². The van der Waals surface area contributed by atoms with Crippen molar-refractivity contribution in [2.45, 2.75) is 13.1 Å². The molecule has 1 N–H and O–H groups in total. The fourth-order valence-electron chi connectivity index (χ4n) is 2.61. The molecule has 0 unspecified atom stereocenters. The van der Waals surface area contributed by atoms with Crippen molar-refractivity contribution in [2.24, 2.45) is 0 Å². The molecule has 0 heterocycles. The van der Waals surface area contributed by atoms with E-state index in [4.69, 9.17) is 4.74 Å². The van der Waals surface area contributed by atoms with E-state index < -0.39 is 0 Å². The molecule has 0 radical (unpaired) electrons. The van der Waals surface area contributed by atoms with Gasteiger partial charge in [-0.2, -0.15) is 0 Å². The van der Waals surface area contributed by atoms with Crippen molar-refractivity contribution < 1.29 is 9.53 Å². The lowest BCUT2D eigenvalue weighted by molar-refractivity contribution is 0.0946. The number of rotatable bonds is 9. The predicted octanol–water partition coefficient (Wildman–Crippen LogP) is 2.62. The zero-order valence-corrected chi connectivity index (χ0v) is 16.2. The van der Waals surface area contributed by atoms with Crippen LogP contribution in [0.4, 0.5) is 0 Å². The van der Waals surface area contributed by atoms with Crippen LogP contribution in [0.25, 0.3) is 0 Å². The minimum absolute atomic E-state index is 0.120. The zero-order chi connectivity index (χ0) is 18.9. The maximum absolute atomic E-state index is 12.7. The molecule has 0 aliphatic heterocycles. The second-order valence-corrected chi connectivity index (χ2v) is 6.84. The Balaban J connectivity index is 2.02. The lowest BCUT2D eigenvalue weighted by atomic mass is 10.1. The summed E-state index contributed by atoms with van der Waals surface area (Å²) in [7, 11) is 8.06. The normalized spacial score (nSPS) is 11.0. The molecule has 0 saturated carbocycles. The van der Waals surface area contributed by atoms with Crippen molar-refractivity contribution in [3.63, 3.8) is 0 Å². The molecule has 140 valence electrons. The molecule has 1 amide bonds. The molecule has 5 heteroatoms. The molecule has 0 fully saturated rings. The first-order valence-electron chi connectivity index (χ1n) is 8.83. The molecule has 0 spiro atoms. The highest BCUT2D eigenvalue weighted by atomic mass is 16.5. The fourth-order valence-corrected chi connectivity index (χ4v) is 2.61. The van der Waals surface area contributed by atoms with Crippen LogP contribution in [0.5, 0.6) is 5.75 Å². The number of nitrogens with one attached hydrogen (secondary N) is 1. The number of amides is 1. The third-order valence-corrected chi connectivity index (χ3v) is 3.97. The van der Waals surface area contributed by atoms with Crippen LogP contribution in [-0.4, -0.2) is 57.0 Å². The van der Waals surface area contributed by atoms with Crippen LogP contribution in [0.3, 0.4) is 0 Å². The van der Waals surface area contributed by atoms with Crippen molar-refractivity contribution in [1.82, 2.24) is 15.1 Å². The maximum Gasteiger partial charge on any atom is 0.255 e. The summed E-state index contributed by atoms with van der Waals surface area (Å²) in [6.07, 6.45) is 0. The Labute approximate surface area is 156 Å². The van der Waals surface area contributed by atoms with E-state index in [0.29, 0.717) is 24.5 Å². The lowest BCUT2D eigenvalue weighted by Crippen LogP contribution is -2.25. The third-order valence-electron chi connectivity index (χ3n) is 3.97. The molecule has 2 rings (SSSR count). The first kappa shape index (κ1) is 19.9. The van der Waals surface area contributed by atoms with Gasteiger partial charge in [0.2, 0.25) is 0 Å². The van der Waals surface area contributed by atoms with Crippen LogP contribution in [0.1, 0.15) is 21.5 Å². The molecule has 0 aliphatic carbocycles. The van der Waals surface area contributed by atoms with E-state index in [9.17, 15) is 4.79 Å². The Morgan fingerprint density at radius 1 is 0.923 bits per heavy atom. The van der Waals surface area contributed by atoms with Gasteiger partial charge in [0.25, 0.3) is 5.91 Å². The Hall–Kier alpha value is -2.37. The van der Waals surface area contributed by atoms with Crippen molar-refractivity contribution in [2.75, 3.05) is 41.3 Å². The van der Waals surface area contributed by atoms with Crippen molar-refractivity contribution in [3.8, 4) is 5.75 Å². The van der Waals surface area contributed by atoms with E-state index in [1.54, 1.807) is 6.07 Å². The summed E-state index contributed by atoms with van der Waals surface area (Å²) >= 11 is 0. The topological polar surface area (TPSA) is 44.8 Å². The second-order valence-electron chi connectivity index (χ2n) is 6.84. The van der Waals surface area contributed by atoms with Gasteiger partial charge < -0.3 is 19.9 Å². The fraction of sp³-hybridized carbons (Fsp3) is 0.381. The minimum Gasteiger partial charge on any atom is -0.491 e. The average molecular weight is 355 g/mol. The highest BCUT2D eigenvalue weighted by molar-refractivity contribution is 5.96. The first-order chi connectivity index (χ1) is 12.5. The Morgan fingerprint density at radius 3 is 2.27 bits per heavy atom. The molecule has 0 atom stereocenters. The van der Waals surface area contributed by atoms with Crippen LogP contribution >= 0.6 is 0 Å². The average Bonchev–Trinajstić information content (AvgIpc) is 2.60. The molecule has 0 aliphatic rings. The predicted molar refractivity (Wildman–Crippen MR) is 105 cm³/mol. The number of likely N-dealkylation sites (N-methyl/N-ethyl adjacent to an activating group) is 1. The third kappa shape index (κ3) is 6.17. The lowest BCUT2D eigenvalue weighted by Gasteiger charge is -2.16. The molecule has 5 nitrogen and oxygen atoms in total. The van der Waals surface area contributed by atoms with Gasteiger partial charge in [-0.25, -0.2) is 0 Å². The largest absolute Gasteiger partial charge is 0.491 e. The molecule has 0 saturated heterocycles. The van der Waals surface area contributed by atoms with Gasteiger partial charge in [0, 0.05) is 19.6 Å². The van der Waals surface area contributed by atoms with Gasteiger partial charge in [-0.05, 0) is 51.5 Å². The van der Waals surface area contributed by atoms with Gasteiger partial charge in [-0.1, -0.05) is 36.4 Å². The zero-order valence-electron chi connectivity index (χ0n) is 16.2. The Kier molecular flexibility index (Phi) is 7.63. The summed E-state index contributed by atoms with van der Waals surface area (Å²) in [5, 5.41) is 3.02. The van der Waals surface area contributed by atoms with Crippen molar-refractivity contribution >= 4 is 5.91 Å². The van der Waals surface area contributed by atoms with E-state index >= 15 is 0 Å². The van der Waals surface area contributed by atoms with Gasteiger partial charge in [-0.15, -0.1) is 0 Å². The summed E-state index contributed by atoms with van der Waals surface area (Å²) < 4.78 is 5.79. The van der Waals surface area contributed by atoms with E-state index in [1.165, 1.54) is 5.56 Å². The second kappa shape index (κ2) is 9.94. The molecule has 0 aromatic heterocycles. The number of carbonyl (C=O) groups excluding carboxylic acids is 1. The first-order valence-corrected chi connectivity index (χ1v) is 8.83. The molecule has 26 heavy (non-hydrogen) atoms. The Morgan fingerprint density at radius 2 is 1.58 bits per heavy atom. The van der Waals surface area contributed by atoms with E-state index in [1.807, 2.05) is 63.4 Å². The van der Waals surface area contributed by atoms with Crippen LogP contribution in [0, 0.1) is 0 Å². The highest BCUT2D eigenvalue weighted by Crippen LogP contribution is 2.18. The SMILES string of the molecule is CN(C)CCOc1ccccc1C(=O)NCc1ccccc1CN(C)C. The summed E-state index contributed by atoms with van der Waals surface area (Å²) in [5.74, 6) is 0.499. The van der Waals surface area contributed by atoms with Gasteiger partial charge >= 0.3 is 0 Å². The molecular formula is C21H29N3O2. The van der Waals surface area contributed by atoms with Gasteiger partial charge in [-0.3, -0.25) is 4.79 Å². The van der Waals surface area contributed by atoms with Gasteiger partial charge in [0.1, 0.15) is 12.4 Å². The number of hydrogen-bond donors (Lipinski definition) is 1. The maximum atomic E-state index is 12.7. The van der Waals surface area contributed by atoms with Crippen molar-refractivity contribution in [1.29, 1.82) is 0 Å². The number of benzene rings is 2. The van der Waals surface area contributed by atoms with E-state index in [2.05, 4.69) is 22.3 Å². The molecule has 2 aromatic carbocycles. The van der Waals surface area contributed by atoms with Crippen molar-refractivity contribution in [3.05, 3.63) is 65.2 Å². The summed E-state index contributed by atoms with van der Waals surface area (Å²) in [5.41, 5.74) is 2.91. The van der Waals surface area contributed by atoms with Crippen LogP contribution in [0.15, 0.2) is 48.5 Å². The molecule has 0 bridgehead atoms. The highest BCUT2D eigenvalue weighted by Gasteiger charge is 2.13. The standard InChI is InChI=1S/C21H29N3O2/c1-23(2)13-14-26-20-12-8-7-11-19(20)21(25)22-15-17-9-5-6-10-18(17)16-24(3)4/h5-12H,13-16H2,1-4H3,(H,22,25). The summed E-state index contributed by atoms with van der Waals surface area (Å²) in [6.45, 7) is 2.68. The summed E-state index contributed by atoms with van der Waals surface area (Å²) in [4.78, 5) is 16.8. The van der Waals surface area contributed by atoms with Crippen LogP contribution in [-0.2, 0) is 13.1 Å². The quantitative estimate of drug-likeness (QED) is 0.751. The Bertz CT molecular complexity index is 714. The molecule has 2 aromatic rings. The molecular weight excluding hydrogens is 326 g/mol. The number of nitrogens with zero attached hydrogens (tertiary/aromatic N) is 2. The van der Waals surface area contributed by atoms with Crippen LogP contribution in [0.2, 0.25) is 0 Å². The smallest absolute Gasteiger partial charge is 0.255 e. The number of hydrogen-bond acceptors (Lipinski definition) is 4. The monoisotopic (exact) mass is 355 g/mol. The van der Waals surface area contributed by atoms with Gasteiger partial charge in [0.05, 0.1) is 5.56 Å². The summed E-state index contributed by atoms with van der Waals surface area (Å²) in [6, 6.07) is 15.5. The van der Waals surface area contributed by atoms with Crippen LogP contribution < -0.4 is 10.1 Å². The van der Waals surface area contributed by atoms with E-state index in [-0.39, 0.29) is 5.91 Å². The number of ether oxygens (including phenoxy) is 1. The number of para-hydroxylation sites is 1. The number of carbonyl (C=O) groups is 1. The minimum atomic E-state index is -0.120.